The molecule has 0 amide bonds. The van der Waals surface area contributed by atoms with Gasteiger partial charge in [-0.05, 0) is 41.5 Å². The second kappa shape index (κ2) is 6.82. The molecule has 0 aliphatic heterocycles. The first-order chi connectivity index (χ1) is 9.33. The highest BCUT2D eigenvalue weighted by molar-refractivity contribution is 5.84. The number of ether oxygens (including phenoxy) is 1. The highest BCUT2D eigenvalue weighted by atomic mass is 16.5. The van der Waals surface area contributed by atoms with E-state index < -0.39 is 0 Å². The van der Waals surface area contributed by atoms with Crippen LogP contribution in [0.25, 0.3) is 10.8 Å². The molecule has 0 spiro atoms. The van der Waals surface area contributed by atoms with Gasteiger partial charge in [-0.3, -0.25) is 0 Å². The lowest BCUT2D eigenvalue weighted by atomic mass is 10.1. The molecule has 0 atom stereocenters. The predicted molar refractivity (Wildman–Crippen MR) is 80.3 cm³/mol. The minimum atomic E-state index is 0.882. The first-order valence-electron chi connectivity index (χ1n) is 6.50. The fourth-order valence-corrected chi connectivity index (χ4v) is 2.02. The van der Waals surface area contributed by atoms with Crippen molar-refractivity contribution in [1.82, 2.24) is 5.32 Å². The first-order valence-corrected chi connectivity index (χ1v) is 6.50. The average Bonchev–Trinajstić information content (AvgIpc) is 2.46. The second-order valence-corrected chi connectivity index (χ2v) is 4.40. The molecule has 19 heavy (non-hydrogen) atoms. The summed E-state index contributed by atoms with van der Waals surface area (Å²) in [7, 11) is 1.69. The van der Waals surface area contributed by atoms with Crippen LogP contribution in [0.15, 0.2) is 36.4 Å². The summed E-state index contributed by atoms with van der Waals surface area (Å²) in [4.78, 5) is 0. The Morgan fingerprint density at radius 1 is 1.11 bits per heavy atom. The summed E-state index contributed by atoms with van der Waals surface area (Å²) in [6.07, 6.45) is 0.904. The lowest BCUT2D eigenvalue weighted by molar-refractivity contribution is 0.415. The van der Waals surface area contributed by atoms with Crippen LogP contribution >= 0.6 is 0 Å². The van der Waals surface area contributed by atoms with Crippen LogP contribution in [0.2, 0.25) is 0 Å². The van der Waals surface area contributed by atoms with E-state index in [1.54, 1.807) is 7.11 Å². The van der Waals surface area contributed by atoms with E-state index in [9.17, 15) is 0 Å². The van der Waals surface area contributed by atoms with Crippen molar-refractivity contribution < 1.29 is 4.74 Å². The van der Waals surface area contributed by atoms with E-state index in [-0.39, 0.29) is 0 Å². The van der Waals surface area contributed by atoms with Crippen LogP contribution in [0.5, 0.6) is 5.75 Å². The van der Waals surface area contributed by atoms with E-state index in [1.807, 2.05) is 13.0 Å². The predicted octanol–water partition coefficient (Wildman–Crippen LogP) is 3.35. The van der Waals surface area contributed by atoms with Crippen molar-refractivity contribution in [3.8, 4) is 17.6 Å². The number of benzene rings is 2. The third-order valence-corrected chi connectivity index (χ3v) is 3.04. The van der Waals surface area contributed by atoms with Gasteiger partial charge in [0.25, 0.3) is 0 Å². The van der Waals surface area contributed by atoms with Crippen molar-refractivity contribution in [3.63, 3.8) is 0 Å². The smallest absolute Gasteiger partial charge is 0.119 e. The molecule has 1 N–H and O–H groups in total. The zero-order valence-corrected chi connectivity index (χ0v) is 11.5. The maximum atomic E-state index is 5.23. The normalized spacial score (nSPS) is 10.0. The van der Waals surface area contributed by atoms with Gasteiger partial charge >= 0.3 is 0 Å². The molecule has 0 aromatic heterocycles. The molecular formula is C17H19NO. The van der Waals surface area contributed by atoms with E-state index in [4.69, 9.17) is 4.74 Å². The van der Waals surface area contributed by atoms with Gasteiger partial charge in [0.05, 0.1) is 7.11 Å². The Hall–Kier alpha value is -1.98. The van der Waals surface area contributed by atoms with Crippen molar-refractivity contribution in [1.29, 1.82) is 0 Å². The zero-order chi connectivity index (χ0) is 13.5. The first kappa shape index (κ1) is 13.5. The van der Waals surface area contributed by atoms with Gasteiger partial charge in [0.1, 0.15) is 5.75 Å². The number of hydrogen-bond donors (Lipinski definition) is 1. The summed E-state index contributed by atoms with van der Waals surface area (Å²) >= 11 is 0. The van der Waals surface area contributed by atoms with E-state index in [0.29, 0.717) is 0 Å². The molecule has 2 heteroatoms. The Morgan fingerprint density at radius 2 is 1.89 bits per heavy atom. The van der Waals surface area contributed by atoms with Crippen LogP contribution in [0.1, 0.15) is 18.9 Å². The van der Waals surface area contributed by atoms with Crippen LogP contribution in [0.4, 0.5) is 0 Å². The molecule has 2 aromatic rings. The number of rotatable bonds is 5. The maximum absolute atomic E-state index is 5.23. The quantitative estimate of drug-likeness (QED) is 0.651. The number of nitrogens with one attached hydrogen (secondary N) is 1. The Balaban J connectivity index is 2.02. The summed E-state index contributed by atoms with van der Waals surface area (Å²) in [6.45, 7) is 3.69. The van der Waals surface area contributed by atoms with Gasteiger partial charge < -0.3 is 10.1 Å². The minimum Gasteiger partial charge on any atom is -0.497 e. The molecule has 0 aliphatic carbocycles. The van der Waals surface area contributed by atoms with Crippen molar-refractivity contribution in [2.24, 2.45) is 0 Å². The van der Waals surface area contributed by atoms with Gasteiger partial charge in [0.15, 0.2) is 0 Å². The SMILES string of the molecule is CC#CCCNCc1ccc2cc(OC)ccc2c1. The van der Waals surface area contributed by atoms with Gasteiger partial charge in [-0.15, -0.1) is 11.8 Å². The number of fused-ring (bicyclic) bond motifs is 1. The zero-order valence-electron chi connectivity index (χ0n) is 11.5. The summed E-state index contributed by atoms with van der Waals surface area (Å²) in [5.41, 5.74) is 1.29. The van der Waals surface area contributed by atoms with E-state index >= 15 is 0 Å². The fraction of sp³-hybridized carbons (Fsp3) is 0.294. The molecule has 0 saturated heterocycles. The Labute approximate surface area is 114 Å². The van der Waals surface area contributed by atoms with Crippen molar-refractivity contribution >= 4 is 10.8 Å². The lowest BCUT2D eigenvalue weighted by Gasteiger charge is -2.06. The van der Waals surface area contributed by atoms with Gasteiger partial charge in [-0.25, -0.2) is 0 Å². The van der Waals surface area contributed by atoms with Crippen LogP contribution in [0.3, 0.4) is 0 Å². The fourth-order valence-electron chi connectivity index (χ4n) is 2.02. The van der Waals surface area contributed by atoms with Crippen LogP contribution in [0, 0.1) is 11.8 Å². The molecule has 2 nitrogen and oxygen atoms in total. The van der Waals surface area contributed by atoms with Crippen LogP contribution in [-0.4, -0.2) is 13.7 Å². The Morgan fingerprint density at radius 3 is 2.68 bits per heavy atom. The van der Waals surface area contributed by atoms with Gasteiger partial charge in [0.2, 0.25) is 0 Å². The molecule has 0 radical (unpaired) electrons. The average molecular weight is 253 g/mol. The third-order valence-electron chi connectivity index (χ3n) is 3.04. The van der Waals surface area contributed by atoms with Crippen molar-refractivity contribution in [3.05, 3.63) is 42.0 Å². The third kappa shape index (κ3) is 3.74. The molecular weight excluding hydrogens is 234 g/mol. The standard InChI is InChI=1S/C17H19NO/c1-3-4-5-10-18-13-14-6-7-16-12-17(19-2)9-8-15(16)11-14/h6-9,11-12,18H,5,10,13H2,1-2H3. The van der Waals surface area contributed by atoms with Crippen LogP contribution < -0.4 is 10.1 Å². The summed E-state index contributed by atoms with van der Waals surface area (Å²) < 4.78 is 5.23. The van der Waals surface area contributed by atoms with Gasteiger partial charge in [0, 0.05) is 19.5 Å². The van der Waals surface area contributed by atoms with E-state index in [2.05, 4.69) is 47.5 Å². The summed E-state index contributed by atoms with van der Waals surface area (Å²) in [5, 5.41) is 5.85. The van der Waals surface area contributed by atoms with Gasteiger partial charge in [-0.1, -0.05) is 18.2 Å². The minimum absolute atomic E-state index is 0.882. The molecule has 0 heterocycles. The maximum Gasteiger partial charge on any atom is 0.119 e. The summed E-state index contributed by atoms with van der Waals surface area (Å²) in [6, 6.07) is 12.7. The van der Waals surface area contributed by atoms with Crippen LogP contribution in [-0.2, 0) is 6.54 Å². The topological polar surface area (TPSA) is 21.3 Å². The second-order valence-electron chi connectivity index (χ2n) is 4.40. The highest BCUT2D eigenvalue weighted by Gasteiger charge is 1.98. The highest BCUT2D eigenvalue weighted by Crippen LogP contribution is 2.21. The van der Waals surface area contributed by atoms with E-state index in [0.717, 1.165) is 25.3 Å². The molecule has 0 saturated carbocycles. The lowest BCUT2D eigenvalue weighted by Crippen LogP contribution is -2.14. The van der Waals surface area contributed by atoms with Crippen molar-refractivity contribution in [2.75, 3.05) is 13.7 Å². The Bertz CT molecular complexity index is 607. The van der Waals surface area contributed by atoms with Gasteiger partial charge in [-0.2, -0.15) is 0 Å². The summed E-state index contributed by atoms with van der Waals surface area (Å²) in [5.74, 6) is 6.85. The molecule has 98 valence electrons. The molecule has 0 unspecified atom stereocenters. The molecule has 0 aliphatic rings. The Kier molecular flexibility index (Phi) is 4.83. The van der Waals surface area contributed by atoms with E-state index in [1.165, 1.54) is 16.3 Å². The largest absolute Gasteiger partial charge is 0.497 e. The molecule has 2 aromatic carbocycles. The molecule has 2 rings (SSSR count). The molecule has 0 bridgehead atoms. The monoisotopic (exact) mass is 253 g/mol. The molecule has 0 fully saturated rings. The number of methoxy groups -OCH3 is 1. The number of hydrogen-bond acceptors (Lipinski definition) is 2. The van der Waals surface area contributed by atoms with Crippen molar-refractivity contribution in [2.45, 2.75) is 19.9 Å².